The van der Waals surface area contributed by atoms with E-state index in [1.807, 2.05) is 24.0 Å². The lowest BCUT2D eigenvalue weighted by Crippen LogP contribution is -2.35. The molecule has 21 heavy (non-hydrogen) atoms. The van der Waals surface area contributed by atoms with Gasteiger partial charge in [0.25, 0.3) is 5.91 Å². The van der Waals surface area contributed by atoms with Gasteiger partial charge in [0, 0.05) is 30.9 Å². The average molecular weight is 290 g/mol. The Bertz CT molecular complexity index is 453. The summed E-state index contributed by atoms with van der Waals surface area (Å²) in [6.07, 6.45) is 2.25. The molecule has 0 saturated heterocycles. The first kappa shape index (κ1) is 17.5. The van der Waals surface area contributed by atoms with Crippen LogP contribution in [-0.4, -0.2) is 30.4 Å². The fourth-order valence-electron chi connectivity index (χ4n) is 2.60. The van der Waals surface area contributed by atoms with E-state index in [2.05, 4.69) is 39.1 Å². The number of anilines is 1. The van der Waals surface area contributed by atoms with Crippen molar-refractivity contribution in [1.29, 1.82) is 0 Å². The van der Waals surface area contributed by atoms with E-state index in [0.29, 0.717) is 5.92 Å². The molecule has 1 rings (SSSR count). The lowest BCUT2D eigenvalue weighted by molar-refractivity contribution is 0.0734. The van der Waals surface area contributed by atoms with Crippen LogP contribution in [0.3, 0.4) is 0 Å². The van der Waals surface area contributed by atoms with Crippen molar-refractivity contribution in [2.24, 2.45) is 5.92 Å². The normalized spacial score (nSPS) is 10.8. The summed E-state index contributed by atoms with van der Waals surface area (Å²) in [5.41, 5.74) is 2.94. The molecule has 3 heteroatoms. The average Bonchev–Trinajstić information content (AvgIpc) is 2.48. The van der Waals surface area contributed by atoms with Gasteiger partial charge in [0.1, 0.15) is 0 Å². The molecule has 1 aromatic carbocycles. The van der Waals surface area contributed by atoms with Crippen LogP contribution in [0, 0.1) is 12.8 Å². The Morgan fingerprint density at radius 1 is 1.19 bits per heavy atom. The first-order valence-corrected chi connectivity index (χ1v) is 8.20. The highest BCUT2D eigenvalue weighted by molar-refractivity contribution is 5.96. The Morgan fingerprint density at radius 2 is 1.86 bits per heavy atom. The van der Waals surface area contributed by atoms with Crippen LogP contribution in [-0.2, 0) is 0 Å². The Kier molecular flexibility index (Phi) is 7.27. The lowest BCUT2D eigenvalue weighted by Gasteiger charge is -2.26. The highest BCUT2D eigenvalue weighted by Crippen LogP contribution is 2.18. The number of aryl methyl sites for hydroxylation is 1. The Balaban J connectivity index is 2.89. The summed E-state index contributed by atoms with van der Waals surface area (Å²) in [6.45, 7) is 13.1. The van der Waals surface area contributed by atoms with Crippen molar-refractivity contribution in [3.05, 3.63) is 29.3 Å². The zero-order valence-corrected chi connectivity index (χ0v) is 14.2. The molecule has 0 radical (unpaired) electrons. The molecule has 1 aromatic rings. The maximum absolute atomic E-state index is 12.7. The molecule has 3 nitrogen and oxygen atoms in total. The molecule has 0 atom stereocenters. The standard InChI is InChI=1S/C18H30N2O/c1-6-15(7-2)13-20(9-4)18(21)17-11-10-16(19-8-3)12-14(17)5/h10-12,15,19H,6-9,13H2,1-5H3. The summed E-state index contributed by atoms with van der Waals surface area (Å²) in [4.78, 5) is 14.7. The quantitative estimate of drug-likeness (QED) is 0.773. The van der Waals surface area contributed by atoms with Crippen molar-refractivity contribution in [1.82, 2.24) is 4.90 Å². The minimum atomic E-state index is 0.157. The van der Waals surface area contributed by atoms with Crippen molar-refractivity contribution in [2.45, 2.75) is 47.5 Å². The summed E-state index contributed by atoms with van der Waals surface area (Å²) in [5.74, 6) is 0.750. The van der Waals surface area contributed by atoms with Crippen molar-refractivity contribution in [2.75, 3.05) is 25.0 Å². The van der Waals surface area contributed by atoms with Crippen molar-refractivity contribution in [3.63, 3.8) is 0 Å². The van der Waals surface area contributed by atoms with Crippen LogP contribution < -0.4 is 5.32 Å². The largest absolute Gasteiger partial charge is 0.385 e. The van der Waals surface area contributed by atoms with Crippen molar-refractivity contribution < 1.29 is 4.79 Å². The van der Waals surface area contributed by atoms with E-state index in [4.69, 9.17) is 0 Å². The van der Waals surface area contributed by atoms with Gasteiger partial charge < -0.3 is 10.2 Å². The number of hydrogen-bond donors (Lipinski definition) is 1. The Hall–Kier alpha value is -1.51. The smallest absolute Gasteiger partial charge is 0.254 e. The second kappa shape index (κ2) is 8.71. The highest BCUT2D eigenvalue weighted by Gasteiger charge is 2.19. The molecular formula is C18H30N2O. The molecule has 0 aliphatic rings. The van der Waals surface area contributed by atoms with E-state index in [-0.39, 0.29) is 5.91 Å². The van der Waals surface area contributed by atoms with Gasteiger partial charge in [-0.2, -0.15) is 0 Å². The molecule has 1 amide bonds. The summed E-state index contributed by atoms with van der Waals surface area (Å²) in [5, 5.41) is 3.28. The van der Waals surface area contributed by atoms with Crippen LogP contribution in [0.25, 0.3) is 0 Å². The number of amides is 1. The minimum Gasteiger partial charge on any atom is -0.385 e. The molecule has 0 bridgehead atoms. The van der Waals surface area contributed by atoms with Crippen LogP contribution in [0.5, 0.6) is 0 Å². The van der Waals surface area contributed by atoms with Crippen LogP contribution in [0.2, 0.25) is 0 Å². The fourth-order valence-corrected chi connectivity index (χ4v) is 2.60. The maximum Gasteiger partial charge on any atom is 0.254 e. The Labute approximate surface area is 129 Å². The summed E-state index contributed by atoms with van der Waals surface area (Å²) in [6, 6.07) is 6.00. The molecule has 0 aromatic heterocycles. The molecular weight excluding hydrogens is 260 g/mol. The Morgan fingerprint density at radius 3 is 2.33 bits per heavy atom. The number of benzene rings is 1. The topological polar surface area (TPSA) is 32.3 Å². The summed E-state index contributed by atoms with van der Waals surface area (Å²) >= 11 is 0. The van der Waals surface area contributed by atoms with Crippen molar-refractivity contribution in [3.8, 4) is 0 Å². The van der Waals surface area contributed by atoms with Gasteiger partial charge in [-0.1, -0.05) is 26.7 Å². The van der Waals surface area contributed by atoms with Gasteiger partial charge in [-0.25, -0.2) is 0 Å². The molecule has 0 aliphatic carbocycles. The second-order valence-corrected chi connectivity index (χ2v) is 5.59. The van der Waals surface area contributed by atoms with Gasteiger partial charge in [0.2, 0.25) is 0 Å². The second-order valence-electron chi connectivity index (χ2n) is 5.59. The number of hydrogen-bond acceptors (Lipinski definition) is 2. The first-order valence-electron chi connectivity index (χ1n) is 8.20. The third-order valence-corrected chi connectivity index (χ3v) is 4.14. The molecule has 0 saturated carbocycles. The molecule has 0 aliphatic heterocycles. The van der Waals surface area contributed by atoms with Gasteiger partial charge in [0.15, 0.2) is 0 Å². The molecule has 1 N–H and O–H groups in total. The molecule has 0 spiro atoms. The van der Waals surface area contributed by atoms with E-state index in [1.54, 1.807) is 0 Å². The number of carbonyl (C=O) groups is 1. The molecule has 0 fully saturated rings. The zero-order valence-electron chi connectivity index (χ0n) is 14.2. The summed E-state index contributed by atoms with van der Waals surface area (Å²) in [7, 11) is 0. The van der Waals surface area contributed by atoms with Gasteiger partial charge in [0.05, 0.1) is 0 Å². The van der Waals surface area contributed by atoms with Gasteiger partial charge >= 0.3 is 0 Å². The predicted octanol–water partition coefficient (Wildman–Crippen LogP) is 4.33. The maximum atomic E-state index is 12.7. The summed E-state index contributed by atoms with van der Waals surface area (Å²) < 4.78 is 0. The molecule has 0 heterocycles. The van der Waals surface area contributed by atoms with E-state index >= 15 is 0 Å². The minimum absolute atomic E-state index is 0.157. The monoisotopic (exact) mass is 290 g/mol. The van der Waals surface area contributed by atoms with Gasteiger partial charge in [-0.15, -0.1) is 0 Å². The number of nitrogens with zero attached hydrogens (tertiary/aromatic N) is 1. The third kappa shape index (κ3) is 4.76. The van der Waals surface area contributed by atoms with E-state index in [9.17, 15) is 4.79 Å². The highest BCUT2D eigenvalue weighted by atomic mass is 16.2. The van der Waals surface area contributed by atoms with E-state index in [0.717, 1.165) is 49.3 Å². The SMILES string of the molecule is CCNc1ccc(C(=O)N(CC)CC(CC)CC)c(C)c1. The fraction of sp³-hybridized carbons (Fsp3) is 0.611. The zero-order chi connectivity index (χ0) is 15.8. The molecule has 0 unspecified atom stereocenters. The predicted molar refractivity (Wildman–Crippen MR) is 91.0 cm³/mol. The lowest BCUT2D eigenvalue weighted by atomic mass is 10.0. The number of nitrogens with one attached hydrogen (secondary N) is 1. The van der Waals surface area contributed by atoms with Crippen LogP contribution in [0.4, 0.5) is 5.69 Å². The third-order valence-electron chi connectivity index (χ3n) is 4.14. The number of carbonyl (C=O) groups excluding carboxylic acids is 1. The van der Waals surface area contributed by atoms with E-state index in [1.165, 1.54) is 0 Å². The van der Waals surface area contributed by atoms with Gasteiger partial charge in [-0.3, -0.25) is 4.79 Å². The van der Waals surface area contributed by atoms with E-state index < -0.39 is 0 Å². The van der Waals surface area contributed by atoms with Crippen LogP contribution in [0.1, 0.15) is 56.5 Å². The first-order chi connectivity index (χ1) is 10.1. The van der Waals surface area contributed by atoms with Crippen LogP contribution in [0.15, 0.2) is 18.2 Å². The van der Waals surface area contributed by atoms with Crippen LogP contribution >= 0.6 is 0 Å². The van der Waals surface area contributed by atoms with Crippen molar-refractivity contribution >= 4 is 11.6 Å². The van der Waals surface area contributed by atoms with Gasteiger partial charge in [-0.05, 0) is 50.5 Å². The number of rotatable bonds is 8. The molecule has 118 valence electrons.